The van der Waals surface area contributed by atoms with E-state index in [9.17, 15) is 23.1 Å². The molecule has 0 aliphatic carbocycles. The molecule has 0 saturated carbocycles. The van der Waals surface area contributed by atoms with Crippen LogP contribution in [0.1, 0.15) is 11.1 Å². The molecule has 4 nitrogen and oxygen atoms in total. The largest absolute Gasteiger partial charge is 0.573 e. The molecule has 25 heavy (non-hydrogen) atoms. The van der Waals surface area contributed by atoms with Gasteiger partial charge in [-0.05, 0) is 81.1 Å². The van der Waals surface area contributed by atoms with Crippen molar-refractivity contribution >= 4 is 68.4 Å². The minimum absolute atomic E-state index is 0.115. The number of fused-ring (bicyclic) bond motifs is 1. The predicted octanol–water partition coefficient (Wildman–Crippen LogP) is 4.99. The Balaban J connectivity index is 2.07. The number of alkyl halides is 3. The van der Waals surface area contributed by atoms with Crippen LogP contribution < -0.4 is 10.1 Å². The van der Waals surface area contributed by atoms with E-state index in [1.807, 2.05) is 45.2 Å². The first-order valence-corrected chi connectivity index (χ1v) is 8.91. The zero-order valence-corrected chi connectivity index (χ0v) is 16.4. The van der Waals surface area contributed by atoms with Gasteiger partial charge >= 0.3 is 6.36 Å². The number of amides is 1. The first-order valence-electron chi connectivity index (χ1n) is 6.76. The number of aromatic hydroxyl groups is 1. The number of rotatable bonds is 2. The molecule has 0 saturated heterocycles. The standard InChI is InChI=1S/C16H8F3I2NO3/c17-16(18,19)25-8-2-3-11-9(6-8)10(15(24)22-11)5-7-1-4-12(23)14(21)13(7)20/h1-6,23H,(H,22,24)/b10-5-. The molecular formula is C16H8F3I2NO3. The van der Waals surface area contributed by atoms with Crippen molar-refractivity contribution in [3.8, 4) is 11.5 Å². The van der Waals surface area contributed by atoms with Gasteiger partial charge in [0.25, 0.3) is 5.91 Å². The summed E-state index contributed by atoms with van der Waals surface area (Å²) in [4.78, 5) is 12.2. The Bertz CT molecular complexity index is 910. The van der Waals surface area contributed by atoms with Crippen LogP contribution in [0.5, 0.6) is 11.5 Å². The van der Waals surface area contributed by atoms with Gasteiger partial charge in [0.1, 0.15) is 11.5 Å². The summed E-state index contributed by atoms with van der Waals surface area (Å²) in [6, 6.07) is 6.80. The van der Waals surface area contributed by atoms with Crippen LogP contribution in [-0.2, 0) is 4.79 Å². The lowest BCUT2D eigenvalue weighted by molar-refractivity contribution is -0.274. The zero-order chi connectivity index (χ0) is 18.4. The van der Waals surface area contributed by atoms with Crippen molar-refractivity contribution in [1.82, 2.24) is 0 Å². The summed E-state index contributed by atoms with van der Waals surface area (Å²) in [5.74, 6) is -0.703. The Morgan fingerprint density at radius 1 is 1.12 bits per heavy atom. The number of hydrogen-bond donors (Lipinski definition) is 2. The Morgan fingerprint density at radius 3 is 2.52 bits per heavy atom. The van der Waals surface area contributed by atoms with Crippen LogP contribution in [0.2, 0.25) is 0 Å². The molecule has 0 bridgehead atoms. The summed E-state index contributed by atoms with van der Waals surface area (Å²) >= 11 is 4.01. The van der Waals surface area contributed by atoms with E-state index in [-0.39, 0.29) is 11.3 Å². The number of benzene rings is 2. The van der Waals surface area contributed by atoms with E-state index >= 15 is 0 Å². The summed E-state index contributed by atoms with van der Waals surface area (Å²) in [7, 11) is 0. The number of halogens is 5. The van der Waals surface area contributed by atoms with E-state index in [0.29, 0.717) is 20.4 Å². The fraction of sp³-hybridized carbons (Fsp3) is 0.0625. The van der Waals surface area contributed by atoms with E-state index in [1.165, 1.54) is 18.2 Å². The maximum Gasteiger partial charge on any atom is 0.573 e. The van der Waals surface area contributed by atoms with Crippen molar-refractivity contribution in [2.24, 2.45) is 0 Å². The molecular weight excluding hydrogens is 565 g/mol. The molecule has 1 heterocycles. The highest BCUT2D eigenvalue weighted by atomic mass is 127. The number of carbonyl (C=O) groups excluding carboxylic acids is 1. The molecule has 1 amide bonds. The lowest BCUT2D eigenvalue weighted by Crippen LogP contribution is -2.17. The molecule has 2 N–H and O–H groups in total. The minimum atomic E-state index is -4.81. The SMILES string of the molecule is O=C1Nc2ccc(OC(F)(F)F)cc2/C1=C/c1ccc(O)c(I)c1I. The Morgan fingerprint density at radius 2 is 1.84 bits per heavy atom. The Kier molecular flexibility index (Phi) is 4.88. The Hall–Kier alpha value is -1.50. The second-order valence-corrected chi connectivity index (χ2v) is 7.23. The monoisotopic (exact) mass is 573 g/mol. The first-order chi connectivity index (χ1) is 11.7. The molecule has 0 unspecified atom stereocenters. The summed E-state index contributed by atoms with van der Waals surface area (Å²) in [5, 5.41) is 12.3. The van der Waals surface area contributed by atoms with E-state index < -0.39 is 18.0 Å². The van der Waals surface area contributed by atoms with Crippen LogP contribution >= 0.6 is 45.2 Å². The number of hydrogen-bond acceptors (Lipinski definition) is 3. The van der Waals surface area contributed by atoms with Gasteiger partial charge in [-0.25, -0.2) is 0 Å². The molecule has 0 fully saturated rings. The molecule has 2 aromatic carbocycles. The number of ether oxygens (including phenoxy) is 1. The number of anilines is 1. The number of phenols is 1. The van der Waals surface area contributed by atoms with Gasteiger partial charge < -0.3 is 15.2 Å². The topological polar surface area (TPSA) is 58.6 Å². The zero-order valence-electron chi connectivity index (χ0n) is 12.1. The summed E-state index contributed by atoms with van der Waals surface area (Å²) in [6.45, 7) is 0. The van der Waals surface area contributed by atoms with Crippen LogP contribution in [-0.4, -0.2) is 17.4 Å². The average Bonchev–Trinajstić information content (AvgIpc) is 2.82. The van der Waals surface area contributed by atoms with Crippen LogP contribution in [0.3, 0.4) is 0 Å². The van der Waals surface area contributed by atoms with Crippen molar-refractivity contribution in [2.45, 2.75) is 6.36 Å². The molecule has 3 rings (SSSR count). The van der Waals surface area contributed by atoms with Gasteiger partial charge in [0.2, 0.25) is 0 Å². The highest BCUT2D eigenvalue weighted by Crippen LogP contribution is 2.38. The van der Waals surface area contributed by atoms with E-state index in [1.54, 1.807) is 12.1 Å². The van der Waals surface area contributed by atoms with Crippen molar-refractivity contribution in [3.05, 3.63) is 48.6 Å². The maximum absolute atomic E-state index is 12.4. The molecule has 0 spiro atoms. The molecule has 2 aromatic rings. The first kappa shape index (κ1) is 18.3. The third kappa shape index (κ3) is 3.86. The maximum atomic E-state index is 12.4. The quantitative estimate of drug-likeness (QED) is 0.394. The molecule has 0 radical (unpaired) electrons. The van der Waals surface area contributed by atoms with E-state index in [0.717, 1.165) is 9.64 Å². The molecule has 0 atom stereocenters. The highest BCUT2D eigenvalue weighted by Gasteiger charge is 2.32. The van der Waals surface area contributed by atoms with Crippen molar-refractivity contribution in [2.75, 3.05) is 5.32 Å². The van der Waals surface area contributed by atoms with E-state index in [2.05, 4.69) is 10.1 Å². The van der Waals surface area contributed by atoms with Gasteiger partial charge in [0, 0.05) is 20.4 Å². The fourth-order valence-electron chi connectivity index (χ4n) is 2.33. The highest BCUT2D eigenvalue weighted by molar-refractivity contribution is 14.1. The lowest BCUT2D eigenvalue weighted by Gasteiger charge is -2.10. The molecule has 1 aliphatic rings. The van der Waals surface area contributed by atoms with Gasteiger partial charge in [-0.15, -0.1) is 13.2 Å². The minimum Gasteiger partial charge on any atom is -0.507 e. The second kappa shape index (κ2) is 6.67. The summed E-state index contributed by atoms with van der Waals surface area (Å²) in [5.41, 5.74) is 1.63. The van der Waals surface area contributed by atoms with Gasteiger partial charge in [-0.1, -0.05) is 6.07 Å². The molecule has 9 heteroatoms. The van der Waals surface area contributed by atoms with Crippen LogP contribution in [0, 0.1) is 7.14 Å². The van der Waals surface area contributed by atoms with Crippen molar-refractivity contribution in [1.29, 1.82) is 0 Å². The van der Waals surface area contributed by atoms with Crippen LogP contribution in [0.15, 0.2) is 30.3 Å². The number of carbonyl (C=O) groups is 1. The Labute approximate surface area is 167 Å². The predicted molar refractivity (Wildman–Crippen MR) is 103 cm³/mol. The molecule has 130 valence electrons. The van der Waals surface area contributed by atoms with Crippen LogP contribution in [0.25, 0.3) is 11.6 Å². The smallest absolute Gasteiger partial charge is 0.507 e. The second-order valence-electron chi connectivity index (χ2n) is 5.07. The van der Waals surface area contributed by atoms with Crippen molar-refractivity contribution < 1.29 is 27.8 Å². The third-order valence-electron chi connectivity index (χ3n) is 3.40. The van der Waals surface area contributed by atoms with Crippen molar-refractivity contribution in [3.63, 3.8) is 0 Å². The molecule has 0 aromatic heterocycles. The van der Waals surface area contributed by atoms with E-state index in [4.69, 9.17) is 0 Å². The van der Waals surface area contributed by atoms with Crippen LogP contribution in [0.4, 0.5) is 18.9 Å². The molecule has 1 aliphatic heterocycles. The van der Waals surface area contributed by atoms with Gasteiger partial charge in [0.15, 0.2) is 0 Å². The average molecular weight is 573 g/mol. The van der Waals surface area contributed by atoms with Gasteiger partial charge in [-0.2, -0.15) is 0 Å². The normalized spacial score (nSPS) is 15.2. The van der Waals surface area contributed by atoms with Gasteiger partial charge in [-0.3, -0.25) is 4.79 Å². The summed E-state index contributed by atoms with van der Waals surface area (Å²) in [6.07, 6.45) is -3.24. The summed E-state index contributed by atoms with van der Waals surface area (Å²) < 4.78 is 42.5. The lowest BCUT2D eigenvalue weighted by atomic mass is 10.0. The van der Waals surface area contributed by atoms with Gasteiger partial charge in [0.05, 0.1) is 3.57 Å². The third-order valence-corrected chi connectivity index (χ3v) is 6.69. The number of nitrogens with one attached hydrogen (secondary N) is 1. The fourth-order valence-corrected chi connectivity index (χ4v) is 3.43. The number of phenolic OH excluding ortho intramolecular Hbond substituents is 1.